The van der Waals surface area contributed by atoms with Gasteiger partial charge in [0.2, 0.25) is 0 Å². The van der Waals surface area contributed by atoms with E-state index in [0.717, 1.165) is 27.6 Å². The zero-order valence-electron chi connectivity index (χ0n) is 9.51. The van der Waals surface area contributed by atoms with Gasteiger partial charge in [-0.25, -0.2) is 4.98 Å². The summed E-state index contributed by atoms with van der Waals surface area (Å²) in [6, 6.07) is 10.0. The molecule has 0 saturated carbocycles. The molecule has 2 rings (SSSR count). The van der Waals surface area contributed by atoms with E-state index >= 15 is 0 Å². The van der Waals surface area contributed by atoms with Crippen molar-refractivity contribution in [3.63, 3.8) is 0 Å². The first kappa shape index (κ1) is 11.6. The third-order valence-corrected chi connectivity index (χ3v) is 3.39. The molecule has 17 heavy (non-hydrogen) atoms. The smallest absolute Gasteiger partial charge is 0.122 e. The van der Waals surface area contributed by atoms with E-state index in [1.54, 1.807) is 24.6 Å². The minimum atomic E-state index is 0.434. The normalized spacial score (nSPS) is 9.88. The number of hydrogen-bond donors (Lipinski definition) is 0. The van der Waals surface area contributed by atoms with Crippen LogP contribution in [0, 0.1) is 11.3 Å². The summed E-state index contributed by atoms with van der Waals surface area (Å²) in [5.74, 6) is 0.879. The summed E-state index contributed by atoms with van der Waals surface area (Å²) >= 11 is 1.58. The highest BCUT2D eigenvalue weighted by atomic mass is 32.1. The number of nitrogens with zero attached hydrogens (tertiary/aromatic N) is 2. The first-order valence-corrected chi connectivity index (χ1v) is 6.07. The van der Waals surface area contributed by atoms with Crippen LogP contribution in [0.5, 0.6) is 5.75 Å². The molecule has 0 aliphatic carbocycles. The highest BCUT2D eigenvalue weighted by Crippen LogP contribution is 2.23. The summed E-state index contributed by atoms with van der Waals surface area (Å²) in [5.41, 5.74) is 1.12. The first-order chi connectivity index (χ1) is 8.33. The van der Waals surface area contributed by atoms with E-state index in [2.05, 4.69) is 11.1 Å². The Labute approximate surface area is 104 Å². The molecule has 2 aromatic rings. The molecule has 0 radical (unpaired) electrons. The van der Waals surface area contributed by atoms with Gasteiger partial charge in [-0.05, 0) is 6.07 Å². The number of hydrogen-bond acceptors (Lipinski definition) is 4. The topological polar surface area (TPSA) is 45.9 Å². The van der Waals surface area contributed by atoms with Gasteiger partial charge in [0.1, 0.15) is 5.75 Å². The van der Waals surface area contributed by atoms with Crippen LogP contribution >= 0.6 is 11.3 Å². The lowest BCUT2D eigenvalue weighted by Crippen LogP contribution is -1.92. The highest BCUT2D eigenvalue weighted by Gasteiger charge is 2.06. The van der Waals surface area contributed by atoms with Crippen LogP contribution in [0.4, 0.5) is 0 Å². The Kier molecular flexibility index (Phi) is 3.73. The average molecular weight is 244 g/mol. The van der Waals surface area contributed by atoms with Crippen molar-refractivity contribution in [1.29, 1.82) is 5.26 Å². The van der Waals surface area contributed by atoms with Crippen LogP contribution in [0.3, 0.4) is 0 Å². The van der Waals surface area contributed by atoms with Gasteiger partial charge in [0.25, 0.3) is 0 Å². The van der Waals surface area contributed by atoms with Gasteiger partial charge >= 0.3 is 0 Å². The van der Waals surface area contributed by atoms with Gasteiger partial charge in [0.15, 0.2) is 0 Å². The van der Waals surface area contributed by atoms with Gasteiger partial charge in [-0.15, -0.1) is 11.3 Å². The molecule has 0 saturated heterocycles. The van der Waals surface area contributed by atoms with Crippen LogP contribution in [0.1, 0.15) is 15.4 Å². The number of benzene rings is 1. The zero-order valence-corrected chi connectivity index (χ0v) is 10.3. The number of ether oxygens (including phenoxy) is 1. The van der Waals surface area contributed by atoms with Gasteiger partial charge in [0, 0.05) is 23.1 Å². The van der Waals surface area contributed by atoms with E-state index < -0.39 is 0 Å². The number of aromatic nitrogens is 1. The van der Waals surface area contributed by atoms with E-state index in [9.17, 15) is 0 Å². The summed E-state index contributed by atoms with van der Waals surface area (Å²) in [5, 5.41) is 9.62. The summed E-state index contributed by atoms with van der Waals surface area (Å²) < 4.78 is 5.30. The minimum Gasteiger partial charge on any atom is -0.496 e. The zero-order chi connectivity index (χ0) is 12.1. The predicted molar refractivity (Wildman–Crippen MR) is 67.2 cm³/mol. The molecule has 86 valence electrons. The number of rotatable bonds is 4. The fraction of sp³-hybridized carbons (Fsp3) is 0.231. The van der Waals surface area contributed by atoms with Gasteiger partial charge in [-0.3, -0.25) is 0 Å². The lowest BCUT2D eigenvalue weighted by atomic mass is 10.1. The molecule has 3 nitrogen and oxygen atoms in total. The fourth-order valence-electron chi connectivity index (χ4n) is 1.60. The standard InChI is InChI=1S/C13H12N2OS/c1-16-12-5-3-2-4-10(12)8-13-15-9-11(17-13)6-7-14/h2-5,9H,6,8H2,1H3. The van der Waals surface area contributed by atoms with Crippen LogP contribution in [0.2, 0.25) is 0 Å². The van der Waals surface area contributed by atoms with Crippen LogP contribution in [-0.4, -0.2) is 12.1 Å². The van der Waals surface area contributed by atoms with Crippen molar-refractivity contribution in [1.82, 2.24) is 4.98 Å². The predicted octanol–water partition coefficient (Wildman–Crippen LogP) is 2.81. The molecular formula is C13H12N2OS. The summed E-state index contributed by atoms with van der Waals surface area (Å²) in [4.78, 5) is 5.33. The monoisotopic (exact) mass is 244 g/mol. The maximum Gasteiger partial charge on any atom is 0.122 e. The van der Waals surface area contributed by atoms with Crippen molar-refractivity contribution in [2.45, 2.75) is 12.8 Å². The molecule has 0 aliphatic rings. The Hall–Kier alpha value is -1.86. The minimum absolute atomic E-state index is 0.434. The number of methoxy groups -OCH3 is 1. The second-order valence-electron chi connectivity index (χ2n) is 3.54. The molecule has 0 unspecified atom stereocenters. The quantitative estimate of drug-likeness (QED) is 0.830. The maximum absolute atomic E-state index is 8.61. The Balaban J connectivity index is 2.17. The Morgan fingerprint density at radius 2 is 2.24 bits per heavy atom. The van der Waals surface area contributed by atoms with Crippen molar-refractivity contribution in [2.75, 3.05) is 7.11 Å². The maximum atomic E-state index is 8.61. The molecule has 0 N–H and O–H groups in total. The van der Waals surface area contributed by atoms with Crippen LogP contribution in [0.25, 0.3) is 0 Å². The van der Waals surface area contributed by atoms with Crippen molar-refractivity contribution >= 4 is 11.3 Å². The summed E-state index contributed by atoms with van der Waals surface area (Å²) in [7, 11) is 1.67. The van der Waals surface area contributed by atoms with Crippen molar-refractivity contribution in [3.05, 3.63) is 45.9 Å². The lowest BCUT2D eigenvalue weighted by molar-refractivity contribution is 0.410. The largest absolute Gasteiger partial charge is 0.496 e. The molecule has 4 heteroatoms. The molecule has 1 aromatic carbocycles. The van der Waals surface area contributed by atoms with Crippen LogP contribution < -0.4 is 4.74 Å². The molecule has 0 bridgehead atoms. The molecule has 0 atom stereocenters. The molecule has 0 fully saturated rings. The lowest BCUT2D eigenvalue weighted by Gasteiger charge is -2.05. The van der Waals surface area contributed by atoms with Crippen molar-refractivity contribution in [2.24, 2.45) is 0 Å². The third-order valence-electron chi connectivity index (χ3n) is 2.39. The summed E-state index contributed by atoms with van der Waals surface area (Å²) in [6.45, 7) is 0. The molecule has 1 heterocycles. The van der Waals surface area contributed by atoms with E-state index in [-0.39, 0.29) is 0 Å². The molecular weight excluding hydrogens is 232 g/mol. The SMILES string of the molecule is COc1ccccc1Cc1ncc(CC#N)s1. The second-order valence-corrected chi connectivity index (χ2v) is 4.74. The van der Waals surface area contributed by atoms with Gasteiger partial charge in [0.05, 0.1) is 24.6 Å². The first-order valence-electron chi connectivity index (χ1n) is 5.26. The molecule has 0 aliphatic heterocycles. The number of nitriles is 1. The second kappa shape index (κ2) is 5.46. The van der Waals surface area contributed by atoms with Crippen LogP contribution in [-0.2, 0) is 12.8 Å². The highest BCUT2D eigenvalue weighted by molar-refractivity contribution is 7.11. The molecule has 0 amide bonds. The van der Waals surface area contributed by atoms with Crippen LogP contribution in [0.15, 0.2) is 30.5 Å². The van der Waals surface area contributed by atoms with E-state index in [1.165, 1.54) is 0 Å². The molecule has 1 aromatic heterocycles. The number of para-hydroxylation sites is 1. The fourth-order valence-corrected chi connectivity index (χ4v) is 2.48. The third kappa shape index (κ3) is 2.83. The van der Waals surface area contributed by atoms with Crippen molar-refractivity contribution < 1.29 is 4.74 Å². The Bertz CT molecular complexity index is 542. The Morgan fingerprint density at radius 3 is 3.00 bits per heavy atom. The van der Waals surface area contributed by atoms with Crippen molar-refractivity contribution in [3.8, 4) is 11.8 Å². The van der Waals surface area contributed by atoms with E-state index in [1.807, 2.05) is 24.3 Å². The Morgan fingerprint density at radius 1 is 1.41 bits per heavy atom. The van der Waals surface area contributed by atoms with E-state index in [4.69, 9.17) is 10.00 Å². The summed E-state index contributed by atoms with van der Waals surface area (Å²) in [6.07, 6.45) is 2.96. The van der Waals surface area contributed by atoms with Gasteiger partial charge < -0.3 is 4.74 Å². The van der Waals surface area contributed by atoms with Gasteiger partial charge in [-0.2, -0.15) is 5.26 Å². The number of thiazole rings is 1. The molecule has 0 spiro atoms. The van der Waals surface area contributed by atoms with E-state index in [0.29, 0.717) is 6.42 Å². The average Bonchev–Trinajstić information content (AvgIpc) is 2.78. The van der Waals surface area contributed by atoms with Gasteiger partial charge in [-0.1, -0.05) is 18.2 Å².